The number of hydrogen-bond acceptors (Lipinski definition) is 3. The molecular weight excluding hydrogens is 285 g/mol. The van der Waals surface area contributed by atoms with Gasteiger partial charge in [0.05, 0.1) is 24.3 Å². The molecule has 0 unspecified atom stereocenters. The Hall–Kier alpha value is -2.37. The highest BCUT2D eigenvalue weighted by Crippen LogP contribution is 2.27. The minimum atomic E-state index is -0.350. The van der Waals surface area contributed by atoms with Crippen LogP contribution >= 0.6 is 0 Å². The Kier molecular flexibility index (Phi) is 3.60. The average Bonchev–Trinajstić information content (AvgIpc) is 2.67. The normalized spacial score (nSPS) is 14.3. The fraction of sp³-hybridized carbons (Fsp3) is 0.375. The van der Waals surface area contributed by atoms with Gasteiger partial charge >= 0.3 is 0 Å². The second-order valence-corrected chi connectivity index (χ2v) is 5.46. The molecule has 0 atom stereocenters. The van der Waals surface area contributed by atoms with Gasteiger partial charge in [0, 0.05) is 18.3 Å². The van der Waals surface area contributed by atoms with Crippen LogP contribution in [0.25, 0.3) is 0 Å². The van der Waals surface area contributed by atoms with Gasteiger partial charge in [0.2, 0.25) is 0 Å². The number of carbonyl (C=O) groups is 1. The molecule has 0 fully saturated rings. The van der Waals surface area contributed by atoms with Crippen molar-refractivity contribution in [2.75, 3.05) is 13.2 Å². The van der Waals surface area contributed by atoms with E-state index in [0.717, 1.165) is 5.69 Å². The summed E-state index contributed by atoms with van der Waals surface area (Å²) in [6, 6.07) is 4.73. The molecule has 1 aliphatic heterocycles. The summed E-state index contributed by atoms with van der Waals surface area (Å²) in [6.45, 7) is 4.63. The van der Waals surface area contributed by atoms with E-state index in [0.29, 0.717) is 35.7 Å². The van der Waals surface area contributed by atoms with Crippen molar-refractivity contribution in [2.45, 2.75) is 20.4 Å². The predicted octanol–water partition coefficient (Wildman–Crippen LogP) is 2.21. The molecule has 1 aromatic carbocycles. The number of nitrogens with zero attached hydrogens (tertiary/aromatic N) is 3. The van der Waals surface area contributed by atoms with Crippen molar-refractivity contribution in [2.24, 2.45) is 7.05 Å². The summed E-state index contributed by atoms with van der Waals surface area (Å²) in [7, 11) is 1.81. The molecule has 2 aromatic rings. The van der Waals surface area contributed by atoms with Gasteiger partial charge in [-0.15, -0.1) is 0 Å². The van der Waals surface area contributed by atoms with Crippen LogP contribution in [0.1, 0.15) is 27.3 Å². The molecule has 1 aromatic heterocycles. The summed E-state index contributed by atoms with van der Waals surface area (Å²) in [5.74, 6) is 0.0227. The first-order valence-corrected chi connectivity index (χ1v) is 7.18. The van der Waals surface area contributed by atoms with Crippen LogP contribution in [0.5, 0.6) is 5.75 Å². The molecule has 0 bridgehead atoms. The number of aromatic nitrogens is 2. The van der Waals surface area contributed by atoms with Crippen LogP contribution < -0.4 is 4.74 Å². The molecule has 0 saturated heterocycles. The fourth-order valence-electron chi connectivity index (χ4n) is 2.78. The third-order valence-electron chi connectivity index (χ3n) is 4.05. The minimum absolute atomic E-state index is 0.136. The predicted molar refractivity (Wildman–Crippen MR) is 79.3 cm³/mol. The minimum Gasteiger partial charge on any atom is -0.491 e. The zero-order valence-corrected chi connectivity index (χ0v) is 12.9. The van der Waals surface area contributed by atoms with Gasteiger partial charge in [-0.2, -0.15) is 5.10 Å². The number of carbonyl (C=O) groups excluding carboxylic acids is 1. The van der Waals surface area contributed by atoms with Crippen LogP contribution in [0.4, 0.5) is 4.39 Å². The maximum Gasteiger partial charge on any atom is 0.258 e. The topological polar surface area (TPSA) is 47.4 Å². The third kappa shape index (κ3) is 2.34. The first-order valence-electron chi connectivity index (χ1n) is 7.18. The standard InChI is InChI=1S/C16H18FN3O2/c1-10-15(11(2)19(3)18-10)16(21)20-7-8-22-14-6-4-5-13(17)12(14)9-20/h4-6H,7-9H2,1-3H3. The molecule has 0 aliphatic carbocycles. The molecule has 116 valence electrons. The van der Waals surface area contributed by atoms with Crippen molar-refractivity contribution in [3.63, 3.8) is 0 Å². The SMILES string of the molecule is Cc1nn(C)c(C)c1C(=O)N1CCOc2cccc(F)c2C1. The molecule has 3 rings (SSSR count). The van der Waals surface area contributed by atoms with Gasteiger partial charge < -0.3 is 9.64 Å². The second kappa shape index (κ2) is 5.44. The quantitative estimate of drug-likeness (QED) is 0.811. The molecule has 0 N–H and O–H groups in total. The van der Waals surface area contributed by atoms with Crippen LogP contribution in [0.3, 0.4) is 0 Å². The number of halogens is 1. The summed E-state index contributed by atoms with van der Waals surface area (Å²) >= 11 is 0. The first kappa shape index (κ1) is 14.6. The number of aryl methyl sites for hydroxylation is 2. The molecule has 6 heteroatoms. The van der Waals surface area contributed by atoms with Gasteiger partial charge in [-0.1, -0.05) is 6.07 Å². The van der Waals surface area contributed by atoms with Crippen LogP contribution in [-0.2, 0) is 13.6 Å². The smallest absolute Gasteiger partial charge is 0.258 e. The molecule has 1 aliphatic rings. The molecule has 0 saturated carbocycles. The van der Waals surface area contributed by atoms with E-state index in [1.54, 1.807) is 28.8 Å². The average molecular weight is 303 g/mol. The van der Waals surface area contributed by atoms with Gasteiger partial charge in [-0.25, -0.2) is 4.39 Å². The summed E-state index contributed by atoms with van der Waals surface area (Å²) in [5.41, 5.74) is 2.50. The highest BCUT2D eigenvalue weighted by Gasteiger charge is 2.26. The zero-order valence-electron chi connectivity index (χ0n) is 12.9. The molecule has 0 spiro atoms. The fourth-order valence-corrected chi connectivity index (χ4v) is 2.78. The number of benzene rings is 1. The molecule has 5 nitrogen and oxygen atoms in total. The Morgan fingerprint density at radius 3 is 2.82 bits per heavy atom. The lowest BCUT2D eigenvalue weighted by Gasteiger charge is -2.20. The summed E-state index contributed by atoms with van der Waals surface area (Å²) in [4.78, 5) is 14.4. The number of rotatable bonds is 1. The Bertz CT molecular complexity index is 739. The van der Waals surface area contributed by atoms with Gasteiger partial charge in [0.25, 0.3) is 5.91 Å². The van der Waals surface area contributed by atoms with Crippen molar-refractivity contribution in [1.82, 2.24) is 14.7 Å². The molecule has 22 heavy (non-hydrogen) atoms. The van der Waals surface area contributed by atoms with Crippen LogP contribution in [0.15, 0.2) is 18.2 Å². The highest BCUT2D eigenvalue weighted by molar-refractivity contribution is 5.96. The third-order valence-corrected chi connectivity index (χ3v) is 4.05. The van der Waals surface area contributed by atoms with Gasteiger partial charge in [0.15, 0.2) is 0 Å². The van der Waals surface area contributed by atoms with Crippen molar-refractivity contribution >= 4 is 5.91 Å². The van der Waals surface area contributed by atoms with Gasteiger partial charge in [-0.3, -0.25) is 9.48 Å². The number of fused-ring (bicyclic) bond motifs is 1. The van der Waals surface area contributed by atoms with Crippen LogP contribution in [-0.4, -0.2) is 33.7 Å². The summed E-state index contributed by atoms with van der Waals surface area (Å²) in [5, 5.41) is 4.28. The molecule has 0 radical (unpaired) electrons. The van der Waals surface area contributed by atoms with Crippen LogP contribution in [0, 0.1) is 19.7 Å². The van der Waals surface area contributed by atoms with Crippen molar-refractivity contribution in [3.05, 3.63) is 46.5 Å². The maximum atomic E-state index is 14.0. The van der Waals surface area contributed by atoms with Crippen molar-refractivity contribution in [1.29, 1.82) is 0 Å². The highest BCUT2D eigenvalue weighted by atomic mass is 19.1. The van der Waals surface area contributed by atoms with Gasteiger partial charge in [0.1, 0.15) is 18.2 Å². The summed E-state index contributed by atoms with van der Waals surface area (Å²) in [6.07, 6.45) is 0. The van der Waals surface area contributed by atoms with Crippen molar-refractivity contribution < 1.29 is 13.9 Å². The maximum absolute atomic E-state index is 14.0. The van der Waals surface area contributed by atoms with Crippen LogP contribution in [0.2, 0.25) is 0 Å². The Morgan fingerprint density at radius 1 is 1.36 bits per heavy atom. The molecule has 2 heterocycles. The van der Waals surface area contributed by atoms with E-state index in [2.05, 4.69) is 5.10 Å². The first-order chi connectivity index (χ1) is 10.5. The van der Waals surface area contributed by atoms with E-state index in [-0.39, 0.29) is 18.3 Å². The zero-order chi connectivity index (χ0) is 15.9. The lowest BCUT2D eigenvalue weighted by Crippen LogP contribution is -2.33. The Morgan fingerprint density at radius 2 is 2.14 bits per heavy atom. The monoisotopic (exact) mass is 303 g/mol. The lowest BCUT2D eigenvalue weighted by molar-refractivity contribution is 0.0730. The summed E-state index contributed by atoms with van der Waals surface area (Å²) < 4.78 is 21.3. The Labute approximate surface area is 128 Å². The number of hydrogen-bond donors (Lipinski definition) is 0. The van der Waals surface area contributed by atoms with E-state index < -0.39 is 0 Å². The van der Waals surface area contributed by atoms with Gasteiger partial charge in [-0.05, 0) is 26.0 Å². The number of amides is 1. The lowest BCUT2D eigenvalue weighted by atomic mass is 10.1. The molecular formula is C16H18FN3O2. The van der Waals surface area contributed by atoms with E-state index in [1.165, 1.54) is 6.07 Å². The van der Waals surface area contributed by atoms with E-state index in [1.807, 2.05) is 13.8 Å². The van der Waals surface area contributed by atoms with E-state index in [9.17, 15) is 9.18 Å². The van der Waals surface area contributed by atoms with Crippen molar-refractivity contribution in [3.8, 4) is 5.75 Å². The van der Waals surface area contributed by atoms with E-state index >= 15 is 0 Å². The second-order valence-electron chi connectivity index (χ2n) is 5.46. The van der Waals surface area contributed by atoms with E-state index in [4.69, 9.17) is 4.74 Å². The largest absolute Gasteiger partial charge is 0.491 e. The molecule has 1 amide bonds. The Balaban J connectivity index is 1.95. The number of ether oxygens (including phenoxy) is 1.